The Morgan fingerprint density at radius 1 is 1.41 bits per heavy atom. The molecule has 0 saturated heterocycles. The lowest BCUT2D eigenvalue weighted by Gasteiger charge is -2.16. The first-order chi connectivity index (χ1) is 10.7. The molecule has 1 aromatic carbocycles. The lowest BCUT2D eigenvalue weighted by molar-refractivity contribution is -0.123. The van der Waals surface area contributed by atoms with Crippen molar-refractivity contribution < 1.29 is 9.53 Å². The Balaban J connectivity index is 1.48. The van der Waals surface area contributed by atoms with Crippen LogP contribution in [0.1, 0.15) is 24.2 Å². The van der Waals surface area contributed by atoms with Crippen LogP contribution in [-0.4, -0.2) is 33.3 Å². The smallest absolute Gasteiger partial charge is 0.258 e. The first kappa shape index (κ1) is 14.6. The molecule has 2 heterocycles. The van der Waals surface area contributed by atoms with Gasteiger partial charge in [-0.15, -0.1) is 10.2 Å². The van der Waals surface area contributed by atoms with Crippen molar-refractivity contribution in [2.24, 2.45) is 0 Å². The number of carbonyl (C=O) groups is 1. The van der Waals surface area contributed by atoms with Crippen molar-refractivity contribution >= 4 is 5.91 Å². The van der Waals surface area contributed by atoms with Crippen LogP contribution in [0.2, 0.25) is 0 Å². The van der Waals surface area contributed by atoms with E-state index in [1.165, 1.54) is 0 Å². The lowest BCUT2D eigenvalue weighted by atomic mass is 10.1. The van der Waals surface area contributed by atoms with E-state index in [2.05, 4.69) is 20.1 Å². The molecule has 0 bridgehead atoms. The van der Waals surface area contributed by atoms with Gasteiger partial charge in [-0.1, -0.05) is 18.2 Å². The van der Waals surface area contributed by atoms with E-state index in [9.17, 15) is 4.79 Å². The molecule has 22 heavy (non-hydrogen) atoms. The topological polar surface area (TPSA) is 69.0 Å². The van der Waals surface area contributed by atoms with Gasteiger partial charge in [0, 0.05) is 19.0 Å². The number of aryl methyl sites for hydroxylation is 3. The minimum atomic E-state index is -0.0779. The maximum atomic E-state index is 12.0. The number of carbonyl (C=O) groups excluding carboxylic acids is 1. The first-order valence-corrected chi connectivity index (χ1v) is 7.57. The highest BCUT2D eigenvalue weighted by molar-refractivity contribution is 5.77. The average Bonchev–Trinajstić information content (AvgIpc) is 2.89. The van der Waals surface area contributed by atoms with Crippen LogP contribution in [0.15, 0.2) is 30.6 Å². The van der Waals surface area contributed by atoms with E-state index in [0.29, 0.717) is 0 Å². The van der Waals surface area contributed by atoms with Crippen LogP contribution in [0, 0.1) is 6.92 Å². The molecule has 1 amide bonds. The van der Waals surface area contributed by atoms with E-state index >= 15 is 0 Å². The van der Waals surface area contributed by atoms with Gasteiger partial charge >= 0.3 is 0 Å². The van der Waals surface area contributed by atoms with E-state index in [4.69, 9.17) is 4.74 Å². The Labute approximate surface area is 129 Å². The summed E-state index contributed by atoms with van der Waals surface area (Å²) in [5.41, 5.74) is 1.03. The summed E-state index contributed by atoms with van der Waals surface area (Å²) in [5, 5.41) is 11.0. The van der Waals surface area contributed by atoms with E-state index in [-0.39, 0.29) is 18.6 Å². The Morgan fingerprint density at radius 3 is 3.14 bits per heavy atom. The highest BCUT2D eigenvalue weighted by Crippen LogP contribution is 2.16. The normalized spacial score (nSPS) is 17.4. The van der Waals surface area contributed by atoms with E-state index < -0.39 is 0 Å². The van der Waals surface area contributed by atoms with Gasteiger partial charge in [-0.2, -0.15) is 0 Å². The van der Waals surface area contributed by atoms with Gasteiger partial charge in [0.15, 0.2) is 6.61 Å². The van der Waals surface area contributed by atoms with Gasteiger partial charge in [0.1, 0.15) is 17.9 Å². The second kappa shape index (κ2) is 6.60. The van der Waals surface area contributed by atoms with Crippen molar-refractivity contribution in [2.75, 3.05) is 6.61 Å². The molecule has 6 nitrogen and oxygen atoms in total. The van der Waals surface area contributed by atoms with Gasteiger partial charge in [-0.3, -0.25) is 4.79 Å². The number of nitrogens with one attached hydrogen (secondary N) is 1. The van der Waals surface area contributed by atoms with Crippen molar-refractivity contribution in [1.82, 2.24) is 20.1 Å². The van der Waals surface area contributed by atoms with Crippen molar-refractivity contribution in [3.05, 3.63) is 42.0 Å². The maximum Gasteiger partial charge on any atom is 0.258 e. The third-order valence-electron chi connectivity index (χ3n) is 3.95. The number of fused-ring (bicyclic) bond motifs is 1. The number of rotatable bonds is 4. The first-order valence-electron chi connectivity index (χ1n) is 7.57. The third kappa shape index (κ3) is 3.44. The second-order valence-electron chi connectivity index (χ2n) is 5.59. The fraction of sp³-hybridized carbons (Fsp3) is 0.438. The third-order valence-corrected chi connectivity index (χ3v) is 3.95. The Hall–Kier alpha value is -2.37. The molecule has 1 aliphatic heterocycles. The molecule has 3 rings (SSSR count). The molecule has 6 heteroatoms. The molecule has 116 valence electrons. The molecule has 0 fully saturated rings. The summed E-state index contributed by atoms with van der Waals surface area (Å²) >= 11 is 0. The number of aromatic nitrogens is 3. The lowest BCUT2D eigenvalue weighted by Crippen LogP contribution is -2.38. The fourth-order valence-electron chi connectivity index (χ4n) is 2.68. The average molecular weight is 300 g/mol. The van der Waals surface area contributed by atoms with Crippen molar-refractivity contribution in [3.8, 4) is 5.75 Å². The summed E-state index contributed by atoms with van der Waals surface area (Å²) < 4.78 is 7.63. The van der Waals surface area contributed by atoms with Gasteiger partial charge in [-0.05, 0) is 31.4 Å². The van der Waals surface area contributed by atoms with Gasteiger partial charge in [0.2, 0.25) is 0 Å². The molecule has 0 spiro atoms. The zero-order chi connectivity index (χ0) is 15.4. The molecule has 1 N–H and O–H groups in total. The van der Waals surface area contributed by atoms with Gasteiger partial charge < -0.3 is 14.6 Å². The minimum absolute atomic E-state index is 0.0491. The van der Waals surface area contributed by atoms with Gasteiger partial charge in [0.25, 0.3) is 5.91 Å². The molecule has 1 unspecified atom stereocenters. The van der Waals surface area contributed by atoms with Crippen molar-refractivity contribution in [2.45, 2.75) is 38.8 Å². The zero-order valence-corrected chi connectivity index (χ0v) is 12.7. The number of ether oxygens (including phenoxy) is 1. The van der Waals surface area contributed by atoms with Gasteiger partial charge in [-0.25, -0.2) is 0 Å². The number of hydrogen-bond acceptors (Lipinski definition) is 4. The largest absolute Gasteiger partial charge is 0.484 e. The van der Waals surface area contributed by atoms with Crippen LogP contribution >= 0.6 is 0 Å². The maximum absolute atomic E-state index is 12.0. The predicted molar refractivity (Wildman–Crippen MR) is 81.6 cm³/mol. The molecule has 0 radical (unpaired) electrons. The molecule has 1 aliphatic rings. The number of para-hydroxylation sites is 1. The second-order valence-corrected chi connectivity index (χ2v) is 5.59. The van der Waals surface area contributed by atoms with E-state index in [1.807, 2.05) is 31.2 Å². The van der Waals surface area contributed by atoms with Crippen molar-refractivity contribution in [1.29, 1.82) is 0 Å². The Bertz CT molecular complexity index is 631. The monoisotopic (exact) mass is 300 g/mol. The van der Waals surface area contributed by atoms with Crippen LogP contribution in [0.4, 0.5) is 0 Å². The summed E-state index contributed by atoms with van der Waals surface area (Å²) in [6, 6.07) is 7.86. The highest BCUT2D eigenvalue weighted by Gasteiger charge is 2.18. The molecule has 0 saturated carbocycles. The Kier molecular flexibility index (Phi) is 4.37. The molecule has 1 aromatic heterocycles. The standard InChI is InChI=1S/C16H20N4O2/c1-12-4-2-3-5-14(12)22-10-16(21)18-13-6-7-15-19-17-11-20(15)9-8-13/h2-5,11,13H,6-10H2,1H3,(H,18,21). The summed E-state index contributed by atoms with van der Waals surface area (Å²) in [6.45, 7) is 2.85. The molecule has 0 aliphatic carbocycles. The van der Waals surface area contributed by atoms with Crippen LogP contribution in [0.3, 0.4) is 0 Å². The minimum Gasteiger partial charge on any atom is -0.484 e. The molecule has 2 aromatic rings. The predicted octanol–water partition coefficient (Wildman–Crippen LogP) is 1.49. The molecule has 1 atom stereocenters. The number of hydrogen-bond donors (Lipinski definition) is 1. The Morgan fingerprint density at radius 2 is 2.27 bits per heavy atom. The summed E-state index contributed by atoms with van der Waals surface area (Å²) in [4.78, 5) is 12.0. The summed E-state index contributed by atoms with van der Waals surface area (Å²) in [6.07, 6.45) is 4.36. The molecular formula is C16H20N4O2. The molecular weight excluding hydrogens is 280 g/mol. The van der Waals surface area contributed by atoms with Crippen LogP contribution in [-0.2, 0) is 17.8 Å². The number of amides is 1. The highest BCUT2D eigenvalue weighted by atomic mass is 16.5. The van der Waals surface area contributed by atoms with E-state index in [0.717, 1.165) is 42.9 Å². The van der Waals surface area contributed by atoms with Crippen LogP contribution < -0.4 is 10.1 Å². The van der Waals surface area contributed by atoms with Crippen LogP contribution in [0.5, 0.6) is 5.75 Å². The fourth-order valence-corrected chi connectivity index (χ4v) is 2.68. The SMILES string of the molecule is Cc1ccccc1OCC(=O)NC1CCc2nncn2CC1. The number of benzene rings is 1. The van der Waals surface area contributed by atoms with E-state index in [1.54, 1.807) is 6.33 Å². The van der Waals surface area contributed by atoms with Gasteiger partial charge in [0.05, 0.1) is 0 Å². The summed E-state index contributed by atoms with van der Waals surface area (Å²) in [5.74, 6) is 1.67. The summed E-state index contributed by atoms with van der Waals surface area (Å²) in [7, 11) is 0. The quantitative estimate of drug-likeness (QED) is 0.929. The zero-order valence-electron chi connectivity index (χ0n) is 12.7. The van der Waals surface area contributed by atoms with Crippen LogP contribution in [0.25, 0.3) is 0 Å². The number of nitrogens with zero attached hydrogens (tertiary/aromatic N) is 3. The van der Waals surface area contributed by atoms with Crippen molar-refractivity contribution in [3.63, 3.8) is 0 Å².